The Morgan fingerprint density at radius 1 is 1.27 bits per heavy atom. The van der Waals surface area contributed by atoms with Gasteiger partial charge in [0.05, 0.1) is 12.3 Å². The van der Waals surface area contributed by atoms with E-state index in [1.807, 2.05) is 18.2 Å². The largest absolute Gasteiger partial charge is 0.387 e. The summed E-state index contributed by atoms with van der Waals surface area (Å²) in [5.41, 5.74) is 1.70. The molecule has 0 spiro atoms. The molecule has 0 fully saturated rings. The molecule has 1 amide bonds. The molecule has 0 radical (unpaired) electrons. The minimum Gasteiger partial charge on any atom is -0.387 e. The minimum absolute atomic E-state index is 0.0721. The van der Waals surface area contributed by atoms with Gasteiger partial charge in [0.25, 0.3) is 5.91 Å². The summed E-state index contributed by atoms with van der Waals surface area (Å²) >= 11 is 6.03. The molecule has 1 aromatic carbocycles. The van der Waals surface area contributed by atoms with E-state index in [4.69, 9.17) is 11.6 Å². The van der Waals surface area contributed by atoms with Crippen LogP contribution in [0.1, 0.15) is 22.2 Å². The predicted octanol–water partition coefficient (Wildman–Crippen LogP) is 2.45. The third-order valence-corrected chi connectivity index (χ3v) is 3.71. The zero-order valence-electron chi connectivity index (χ0n) is 11.6. The quantitative estimate of drug-likeness (QED) is 0.777. The maximum absolute atomic E-state index is 12.2. The van der Waals surface area contributed by atoms with Gasteiger partial charge in [0.2, 0.25) is 0 Å². The molecule has 0 bridgehead atoms. The molecule has 0 saturated heterocycles. The van der Waals surface area contributed by atoms with Gasteiger partial charge in [0.15, 0.2) is 0 Å². The zero-order valence-corrected chi connectivity index (χ0v) is 12.4. The fourth-order valence-electron chi connectivity index (χ4n) is 2.24. The summed E-state index contributed by atoms with van der Waals surface area (Å²) in [5, 5.41) is 13.3. The molecule has 0 aliphatic rings. The number of rotatable bonds is 4. The van der Waals surface area contributed by atoms with Crippen LogP contribution in [0, 0.1) is 0 Å². The number of aliphatic hydroxyl groups is 1. The van der Waals surface area contributed by atoms with E-state index in [1.54, 1.807) is 34.9 Å². The van der Waals surface area contributed by atoms with Crippen molar-refractivity contribution in [3.05, 3.63) is 71.1 Å². The second-order valence-electron chi connectivity index (χ2n) is 4.82. The number of nitrogens with zero attached hydrogens (tertiary/aromatic N) is 2. The van der Waals surface area contributed by atoms with E-state index in [0.29, 0.717) is 21.9 Å². The van der Waals surface area contributed by atoms with Crippen molar-refractivity contribution >= 4 is 23.2 Å². The first kappa shape index (κ1) is 14.6. The summed E-state index contributed by atoms with van der Waals surface area (Å²) in [5.74, 6) is -0.301. The van der Waals surface area contributed by atoms with Crippen LogP contribution < -0.4 is 5.32 Å². The number of imidazole rings is 1. The molecule has 0 saturated carbocycles. The van der Waals surface area contributed by atoms with Crippen molar-refractivity contribution in [2.45, 2.75) is 6.10 Å². The molecule has 3 rings (SSSR count). The summed E-state index contributed by atoms with van der Waals surface area (Å²) in [6.07, 6.45) is 2.41. The summed E-state index contributed by atoms with van der Waals surface area (Å²) < 4.78 is 1.69. The first-order valence-electron chi connectivity index (χ1n) is 6.79. The Morgan fingerprint density at radius 2 is 2.05 bits per heavy atom. The number of nitrogens with one attached hydrogen (secondary N) is 1. The number of carbonyl (C=O) groups is 1. The van der Waals surface area contributed by atoms with Gasteiger partial charge in [-0.15, -0.1) is 0 Å². The number of aromatic nitrogens is 2. The zero-order chi connectivity index (χ0) is 15.5. The van der Waals surface area contributed by atoms with Gasteiger partial charge in [-0.25, -0.2) is 4.98 Å². The summed E-state index contributed by atoms with van der Waals surface area (Å²) in [6.45, 7) is 0.0721. The normalized spacial score (nSPS) is 12.3. The summed E-state index contributed by atoms with van der Waals surface area (Å²) in [4.78, 5) is 16.4. The van der Waals surface area contributed by atoms with Gasteiger partial charge in [-0.1, -0.05) is 35.9 Å². The fraction of sp³-hybridized carbons (Fsp3) is 0.125. The number of benzene rings is 1. The molecule has 0 aliphatic heterocycles. The molecule has 2 N–H and O–H groups in total. The number of fused-ring (bicyclic) bond motifs is 1. The lowest BCUT2D eigenvalue weighted by atomic mass is 10.1. The molecule has 1 unspecified atom stereocenters. The molecule has 2 aromatic heterocycles. The lowest BCUT2D eigenvalue weighted by molar-refractivity contribution is 0.0910. The fourth-order valence-corrected chi connectivity index (χ4v) is 2.50. The molecule has 112 valence electrons. The second kappa shape index (κ2) is 6.17. The van der Waals surface area contributed by atoms with Crippen LogP contribution in [0.15, 0.2) is 54.9 Å². The highest BCUT2D eigenvalue weighted by Crippen LogP contribution is 2.21. The van der Waals surface area contributed by atoms with Crippen molar-refractivity contribution < 1.29 is 9.90 Å². The van der Waals surface area contributed by atoms with Gasteiger partial charge in [0, 0.05) is 23.3 Å². The SMILES string of the molecule is O=C(NCC(O)c1ccccc1Cl)c1cnc2ccccn12. The topological polar surface area (TPSA) is 66.6 Å². The Kier molecular flexibility index (Phi) is 4.09. The minimum atomic E-state index is -0.864. The standard InChI is InChI=1S/C16H14ClN3O2/c17-12-6-2-1-5-11(12)14(21)10-19-16(22)13-9-18-15-7-3-4-8-20(13)15/h1-9,14,21H,10H2,(H,19,22). The van der Waals surface area contributed by atoms with E-state index in [-0.39, 0.29) is 12.5 Å². The monoisotopic (exact) mass is 315 g/mol. The van der Waals surface area contributed by atoms with Crippen LogP contribution in [0.25, 0.3) is 5.65 Å². The molecule has 2 heterocycles. The molecule has 1 atom stereocenters. The Morgan fingerprint density at radius 3 is 2.86 bits per heavy atom. The van der Waals surface area contributed by atoms with Crippen LogP contribution in [-0.2, 0) is 0 Å². The molecule has 22 heavy (non-hydrogen) atoms. The molecule has 0 aliphatic carbocycles. The maximum Gasteiger partial charge on any atom is 0.270 e. The molecule has 3 aromatic rings. The summed E-state index contributed by atoms with van der Waals surface area (Å²) in [7, 11) is 0. The van der Waals surface area contributed by atoms with E-state index in [1.165, 1.54) is 6.20 Å². The van der Waals surface area contributed by atoms with Crippen molar-refractivity contribution in [2.75, 3.05) is 6.54 Å². The molecule has 6 heteroatoms. The number of hydrogen-bond acceptors (Lipinski definition) is 3. The van der Waals surface area contributed by atoms with Crippen LogP contribution in [0.3, 0.4) is 0 Å². The first-order valence-corrected chi connectivity index (χ1v) is 7.17. The van der Waals surface area contributed by atoms with Gasteiger partial charge in [-0.3, -0.25) is 9.20 Å². The number of hydrogen-bond donors (Lipinski definition) is 2. The van der Waals surface area contributed by atoms with Crippen LogP contribution >= 0.6 is 11.6 Å². The number of aliphatic hydroxyl groups excluding tert-OH is 1. The number of amides is 1. The molecular weight excluding hydrogens is 302 g/mol. The van der Waals surface area contributed by atoms with Crippen molar-refractivity contribution in [1.29, 1.82) is 0 Å². The van der Waals surface area contributed by atoms with Gasteiger partial charge in [0.1, 0.15) is 11.3 Å². The first-order chi connectivity index (χ1) is 10.7. The van der Waals surface area contributed by atoms with Gasteiger partial charge in [-0.2, -0.15) is 0 Å². The van der Waals surface area contributed by atoms with E-state index in [0.717, 1.165) is 0 Å². The number of carbonyl (C=O) groups excluding carboxylic acids is 1. The average molecular weight is 316 g/mol. The summed E-state index contributed by atoms with van der Waals surface area (Å²) in [6, 6.07) is 12.5. The average Bonchev–Trinajstić information content (AvgIpc) is 2.97. The van der Waals surface area contributed by atoms with Crippen LogP contribution in [-0.4, -0.2) is 26.9 Å². The van der Waals surface area contributed by atoms with Crippen LogP contribution in [0.2, 0.25) is 5.02 Å². The Bertz CT molecular complexity index is 816. The third kappa shape index (κ3) is 2.81. The Hall–Kier alpha value is -2.37. The number of halogens is 1. The van der Waals surface area contributed by atoms with Gasteiger partial charge in [-0.05, 0) is 18.2 Å². The van der Waals surface area contributed by atoms with E-state index in [9.17, 15) is 9.90 Å². The van der Waals surface area contributed by atoms with Crippen molar-refractivity contribution in [2.24, 2.45) is 0 Å². The Labute approximate surface area is 132 Å². The van der Waals surface area contributed by atoms with E-state index in [2.05, 4.69) is 10.3 Å². The lowest BCUT2D eigenvalue weighted by Crippen LogP contribution is -2.29. The lowest BCUT2D eigenvalue weighted by Gasteiger charge is -2.13. The Balaban J connectivity index is 1.71. The van der Waals surface area contributed by atoms with E-state index >= 15 is 0 Å². The van der Waals surface area contributed by atoms with Gasteiger partial charge >= 0.3 is 0 Å². The predicted molar refractivity (Wildman–Crippen MR) is 83.9 cm³/mol. The third-order valence-electron chi connectivity index (χ3n) is 3.37. The second-order valence-corrected chi connectivity index (χ2v) is 5.23. The van der Waals surface area contributed by atoms with Gasteiger partial charge < -0.3 is 10.4 Å². The number of pyridine rings is 1. The molecule has 5 nitrogen and oxygen atoms in total. The van der Waals surface area contributed by atoms with Crippen molar-refractivity contribution in [3.8, 4) is 0 Å². The molecular formula is C16H14ClN3O2. The van der Waals surface area contributed by atoms with Crippen molar-refractivity contribution in [1.82, 2.24) is 14.7 Å². The highest BCUT2D eigenvalue weighted by Gasteiger charge is 2.15. The van der Waals surface area contributed by atoms with Crippen LogP contribution in [0.4, 0.5) is 0 Å². The van der Waals surface area contributed by atoms with Crippen LogP contribution in [0.5, 0.6) is 0 Å². The highest BCUT2D eigenvalue weighted by atomic mass is 35.5. The van der Waals surface area contributed by atoms with E-state index < -0.39 is 6.10 Å². The van der Waals surface area contributed by atoms with Crippen molar-refractivity contribution in [3.63, 3.8) is 0 Å². The maximum atomic E-state index is 12.2. The highest BCUT2D eigenvalue weighted by molar-refractivity contribution is 6.31. The smallest absolute Gasteiger partial charge is 0.270 e.